The van der Waals surface area contributed by atoms with E-state index >= 15 is 0 Å². The first-order valence-electron chi connectivity index (χ1n) is 7.02. The normalized spacial score (nSPS) is 12.8. The Morgan fingerprint density at radius 2 is 1.75 bits per heavy atom. The number of fused-ring (bicyclic) bond motifs is 1. The molecule has 1 nitrogen and oxygen atoms in total. The fourth-order valence-corrected chi connectivity index (χ4v) is 2.92. The van der Waals surface area contributed by atoms with Gasteiger partial charge in [-0.3, -0.25) is 0 Å². The van der Waals surface area contributed by atoms with Crippen LogP contribution in [0.1, 0.15) is 30.5 Å². The molecule has 2 aromatic carbocycles. The minimum Gasteiger partial charge on any atom is -0.340 e. The average molecular weight is 267 g/mol. The molecule has 102 valence electrons. The standard InChI is InChI=1S/C18H18FN/c1-3-17(14-8-10-15(19)11-9-14)20-12-13(2)16-6-4-5-7-18(16)20/h4-12,17H,3H2,1-2H3/t17-/m0/s1. The van der Waals surface area contributed by atoms with Crippen molar-refractivity contribution in [1.29, 1.82) is 0 Å². The summed E-state index contributed by atoms with van der Waals surface area (Å²) in [5.41, 5.74) is 3.66. The van der Waals surface area contributed by atoms with Crippen LogP contribution >= 0.6 is 0 Å². The lowest BCUT2D eigenvalue weighted by molar-refractivity contribution is 0.579. The summed E-state index contributed by atoms with van der Waals surface area (Å²) in [4.78, 5) is 0. The van der Waals surface area contributed by atoms with Crippen LogP contribution in [0.4, 0.5) is 4.39 Å². The number of hydrogen-bond donors (Lipinski definition) is 0. The number of halogens is 1. The summed E-state index contributed by atoms with van der Waals surface area (Å²) >= 11 is 0. The fourth-order valence-electron chi connectivity index (χ4n) is 2.92. The Kier molecular flexibility index (Phi) is 3.31. The van der Waals surface area contributed by atoms with Crippen molar-refractivity contribution in [3.8, 4) is 0 Å². The molecule has 0 spiro atoms. The van der Waals surface area contributed by atoms with Crippen molar-refractivity contribution in [3.63, 3.8) is 0 Å². The van der Waals surface area contributed by atoms with E-state index in [0.29, 0.717) is 0 Å². The molecule has 20 heavy (non-hydrogen) atoms. The molecule has 0 saturated heterocycles. The lowest BCUT2D eigenvalue weighted by Gasteiger charge is -2.19. The monoisotopic (exact) mass is 267 g/mol. The van der Waals surface area contributed by atoms with Crippen LogP contribution in [0, 0.1) is 12.7 Å². The third kappa shape index (κ3) is 2.11. The van der Waals surface area contributed by atoms with Crippen molar-refractivity contribution in [3.05, 3.63) is 71.7 Å². The smallest absolute Gasteiger partial charge is 0.123 e. The first-order valence-corrected chi connectivity index (χ1v) is 7.02. The van der Waals surface area contributed by atoms with Crippen LogP contribution < -0.4 is 0 Å². The number of aryl methyl sites for hydroxylation is 1. The maximum atomic E-state index is 13.1. The van der Waals surface area contributed by atoms with E-state index in [0.717, 1.165) is 12.0 Å². The minimum atomic E-state index is -0.183. The number of benzene rings is 2. The zero-order valence-electron chi connectivity index (χ0n) is 11.8. The molecular formula is C18H18FN. The quantitative estimate of drug-likeness (QED) is 0.623. The molecule has 3 aromatic rings. The maximum absolute atomic E-state index is 13.1. The van der Waals surface area contributed by atoms with Crippen LogP contribution in [0.3, 0.4) is 0 Å². The molecule has 0 radical (unpaired) electrons. The van der Waals surface area contributed by atoms with Gasteiger partial charge in [0.25, 0.3) is 0 Å². The van der Waals surface area contributed by atoms with Gasteiger partial charge in [-0.25, -0.2) is 4.39 Å². The summed E-state index contributed by atoms with van der Waals surface area (Å²) in [5.74, 6) is -0.183. The number of nitrogens with zero attached hydrogens (tertiary/aromatic N) is 1. The van der Waals surface area contributed by atoms with E-state index in [9.17, 15) is 4.39 Å². The van der Waals surface area contributed by atoms with Crippen molar-refractivity contribution >= 4 is 10.9 Å². The van der Waals surface area contributed by atoms with E-state index in [1.807, 2.05) is 12.1 Å². The zero-order chi connectivity index (χ0) is 14.1. The van der Waals surface area contributed by atoms with Gasteiger partial charge < -0.3 is 4.57 Å². The van der Waals surface area contributed by atoms with Crippen LogP contribution in [0.5, 0.6) is 0 Å². The van der Waals surface area contributed by atoms with E-state index in [-0.39, 0.29) is 11.9 Å². The second kappa shape index (κ2) is 5.12. The highest BCUT2D eigenvalue weighted by molar-refractivity contribution is 5.83. The summed E-state index contributed by atoms with van der Waals surface area (Å²) in [6.45, 7) is 4.30. The molecule has 0 fully saturated rings. The summed E-state index contributed by atoms with van der Waals surface area (Å²) in [6, 6.07) is 15.5. The van der Waals surface area contributed by atoms with E-state index in [1.165, 1.54) is 28.6 Å². The Hall–Kier alpha value is -2.09. The van der Waals surface area contributed by atoms with Crippen molar-refractivity contribution in [2.75, 3.05) is 0 Å². The summed E-state index contributed by atoms with van der Waals surface area (Å²) in [6.07, 6.45) is 3.17. The van der Waals surface area contributed by atoms with E-state index < -0.39 is 0 Å². The second-order valence-corrected chi connectivity index (χ2v) is 5.21. The average Bonchev–Trinajstić information content (AvgIpc) is 2.80. The maximum Gasteiger partial charge on any atom is 0.123 e. The lowest BCUT2D eigenvalue weighted by Crippen LogP contribution is -2.08. The molecule has 0 unspecified atom stereocenters. The Morgan fingerprint density at radius 1 is 1.05 bits per heavy atom. The molecule has 2 heteroatoms. The molecule has 0 amide bonds. The van der Waals surface area contributed by atoms with E-state index in [1.54, 1.807) is 0 Å². The molecule has 3 rings (SSSR count). The zero-order valence-corrected chi connectivity index (χ0v) is 11.8. The van der Waals surface area contributed by atoms with E-state index in [2.05, 4.69) is 48.9 Å². The highest BCUT2D eigenvalue weighted by atomic mass is 19.1. The van der Waals surface area contributed by atoms with Crippen LogP contribution in [0.2, 0.25) is 0 Å². The predicted molar refractivity (Wildman–Crippen MR) is 81.5 cm³/mol. The highest BCUT2D eigenvalue weighted by Crippen LogP contribution is 2.29. The van der Waals surface area contributed by atoms with Crippen LogP contribution in [-0.2, 0) is 0 Å². The van der Waals surface area contributed by atoms with Crippen molar-refractivity contribution in [2.24, 2.45) is 0 Å². The Morgan fingerprint density at radius 3 is 2.45 bits per heavy atom. The SMILES string of the molecule is CC[C@@H](c1ccc(F)cc1)n1cc(C)c2ccccc21. The van der Waals surface area contributed by atoms with Gasteiger partial charge in [0.15, 0.2) is 0 Å². The predicted octanol–water partition coefficient (Wildman–Crippen LogP) is 5.09. The Bertz CT molecular complexity index is 725. The second-order valence-electron chi connectivity index (χ2n) is 5.21. The van der Waals surface area contributed by atoms with Gasteiger partial charge in [-0.2, -0.15) is 0 Å². The van der Waals surface area contributed by atoms with Gasteiger partial charge in [-0.05, 0) is 42.7 Å². The summed E-state index contributed by atoms with van der Waals surface area (Å²) in [7, 11) is 0. The Labute approximate surface area is 118 Å². The van der Waals surface area contributed by atoms with Gasteiger partial charge in [-0.15, -0.1) is 0 Å². The Balaban J connectivity index is 2.14. The van der Waals surface area contributed by atoms with Gasteiger partial charge in [0.2, 0.25) is 0 Å². The molecule has 0 saturated carbocycles. The highest BCUT2D eigenvalue weighted by Gasteiger charge is 2.15. The molecule has 1 atom stereocenters. The van der Waals surface area contributed by atoms with Crippen molar-refractivity contribution < 1.29 is 4.39 Å². The van der Waals surface area contributed by atoms with Gasteiger partial charge >= 0.3 is 0 Å². The van der Waals surface area contributed by atoms with E-state index in [4.69, 9.17) is 0 Å². The number of hydrogen-bond acceptors (Lipinski definition) is 0. The first kappa shape index (κ1) is 12.9. The fraction of sp³-hybridized carbons (Fsp3) is 0.222. The molecule has 1 heterocycles. The molecular weight excluding hydrogens is 249 g/mol. The largest absolute Gasteiger partial charge is 0.340 e. The van der Waals surface area contributed by atoms with Crippen molar-refractivity contribution in [1.82, 2.24) is 4.57 Å². The first-order chi connectivity index (χ1) is 9.70. The van der Waals surface area contributed by atoms with Crippen LogP contribution in [0.25, 0.3) is 10.9 Å². The number of aromatic nitrogens is 1. The third-order valence-electron chi connectivity index (χ3n) is 3.92. The van der Waals surface area contributed by atoms with Gasteiger partial charge in [0, 0.05) is 17.1 Å². The molecule has 0 aliphatic rings. The molecule has 0 aliphatic carbocycles. The lowest BCUT2D eigenvalue weighted by atomic mass is 10.0. The summed E-state index contributed by atoms with van der Waals surface area (Å²) < 4.78 is 15.4. The van der Waals surface area contributed by atoms with Crippen molar-refractivity contribution in [2.45, 2.75) is 26.3 Å². The molecule has 0 N–H and O–H groups in total. The molecule has 0 bridgehead atoms. The van der Waals surface area contributed by atoms with Gasteiger partial charge in [-0.1, -0.05) is 37.3 Å². The topological polar surface area (TPSA) is 4.93 Å². The van der Waals surface area contributed by atoms with Crippen LogP contribution in [-0.4, -0.2) is 4.57 Å². The summed E-state index contributed by atoms with van der Waals surface area (Å²) in [5, 5.41) is 1.29. The molecule has 0 aliphatic heterocycles. The number of rotatable bonds is 3. The third-order valence-corrected chi connectivity index (χ3v) is 3.92. The van der Waals surface area contributed by atoms with Gasteiger partial charge in [0.05, 0.1) is 6.04 Å². The molecule has 1 aromatic heterocycles. The minimum absolute atomic E-state index is 0.183. The van der Waals surface area contributed by atoms with Crippen LogP contribution in [0.15, 0.2) is 54.7 Å². The number of para-hydroxylation sites is 1. The van der Waals surface area contributed by atoms with Gasteiger partial charge in [0.1, 0.15) is 5.82 Å².